The van der Waals surface area contributed by atoms with Crippen molar-refractivity contribution >= 4 is 50.6 Å². The van der Waals surface area contributed by atoms with Crippen LogP contribution in [0.1, 0.15) is 28.4 Å². The normalized spacial score (nSPS) is 10.8. The van der Waals surface area contributed by atoms with Crippen LogP contribution < -0.4 is 19.6 Å². The molecule has 0 aliphatic carbocycles. The molecular formula is C24H22BrIN2O4. The van der Waals surface area contributed by atoms with Crippen LogP contribution in [-0.2, 0) is 6.61 Å². The van der Waals surface area contributed by atoms with Crippen LogP contribution in [0.25, 0.3) is 0 Å². The first kappa shape index (κ1) is 24.1. The van der Waals surface area contributed by atoms with Gasteiger partial charge in [-0.2, -0.15) is 5.10 Å². The van der Waals surface area contributed by atoms with Gasteiger partial charge < -0.3 is 14.2 Å². The van der Waals surface area contributed by atoms with Gasteiger partial charge in [-0.25, -0.2) is 5.43 Å². The van der Waals surface area contributed by atoms with Gasteiger partial charge >= 0.3 is 0 Å². The van der Waals surface area contributed by atoms with Crippen LogP contribution in [0.2, 0.25) is 0 Å². The molecule has 166 valence electrons. The van der Waals surface area contributed by atoms with Crippen LogP contribution in [0.15, 0.2) is 70.2 Å². The lowest BCUT2D eigenvalue weighted by Gasteiger charge is -2.15. The molecule has 0 aliphatic heterocycles. The number of methoxy groups -OCH3 is 1. The number of hydrazone groups is 1. The monoisotopic (exact) mass is 608 g/mol. The predicted molar refractivity (Wildman–Crippen MR) is 137 cm³/mol. The topological polar surface area (TPSA) is 69.2 Å². The molecule has 1 amide bonds. The lowest BCUT2D eigenvalue weighted by Crippen LogP contribution is -2.17. The minimum atomic E-state index is -0.307. The second-order valence-corrected chi connectivity index (χ2v) is 8.68. The summed E-state index contributed by atoms with van der Waals surface area (Å²) in [6, 6.07) is 18.5. The third kappa shape index (κ3) is 6.70. The molecule has 0 bridgehead atoms. The summed E-state index contributed by atoms with van der Waals surface area (Å²) >= 11 is 5.64. The van der Waals surface area contributed by atoms with E-state index in [-0.39, 0.29) is 5.91 Å². The van der Waals surface area contributed by atoms with Crippen molar-refractivity contribution in [1.82, 2.24) is 5.43 Å². The number of halogens is 2. The van der Waals surface area contributed by atoms with Crippen molar-refractivity contribution in [3.8, 4) is 17.2 Å². The smallest absolute Gasteiger partial charge is 0.271 e. The van der Waals surface area contributed by atoms with Crippen molar-refractivity contribution < 1.29 is 19.0 Å². The maximum absolute atomic E-state index is 12.3. The maximum atomic E-state index is 12.3. The number of ether oxygens (including phenoxy) is 3. The average molecular weight is 609 g/mol. The van der Waals surface area contributed by atoms with Crippen molar-refractivity contribution in [1.29, 1.82) is 0 Å². The zero-order chi connectivity index (χ0) is 22.9. The highest BCUT2D eigenvalue weighted by molar-refractivity contribution is 14.1. The van der Waals surface area contributed by atoms with E-state index in [0.29, 0.717) is 36.0 Å². The fraction of sp³-hybridized carbons (Fsp3) is 0.167. The van der Waals surface area contributed by atoms with E-state index in [2.05, 4.69) is 49.0 Å². The fourth-order valence-corrected chi connectivity index (χ4v) is 3.82. The molecule has 0 aromatic heterocycles. The predicted octanol–water partition coefficient (Wildman–Crippen LogP) is 5.80. The van der Waals surface area contributed by atoms with Crippen LogP contribution >= 0.6 is 38.5 Å². The van der Waals surface area contributed by atoms with E-state index in [4.69, 9.17) is 14.2 Å². The summed E-state index contributed by atoms with van der Waals surface area (Å²) in [5.74, 6) is 1.68. The highest BCUT2D eigenvalue weighted by Gasteiger charge is 2.12. The quantitative estimate of drug-likeness (QED) is 0.189. The summed E-state index contributed by atoms with van der Waals surface area (Å²) in [6.45, 7) is 2.84. The molecule has 8 heteroatoms. The highest BCUT2D eigenvalue weighted by Crippen LogP contribution is 2.34. The Balaban J connectivity index is 1.69. The number of amides is 1. The van der Waals surface area contributed by atoms with Gasteiger partial charge in [-0.3, -0.25) is 4.79 Å². The van der Waals surface area contributed by atoms with E-state index in [0.717, 1.165) is 19.2 Å². The van der Waals surface area contributed by atoms with Crippen LogP contribution in [-0.4, -0.2) is 25.8 Å². The largest absolute Gasteiger partial charge is 0.497 e. The van der Waals surface area contributed by atoms with E-state index in [9.17, 15) is 4.79 Å². The first-order chi connectivity index (χ1) is 15.5. The van der Waals surface area contributed by atoms with Gasteiger partial charge in [0.05, 0.1) is 23.5 Å². The molecule has 1 N–H and O–H groups in total. The van der Waals surface area contributed by atoms with E-state index >= 15 is 0 Å². The lowest BCUT2D eigenvalue weighted by atomic mass is 10.2. The van der Waals surface area contributed by atoms with Crippen LogP contribution in [0.4, 0.5) is 0 Å². The van der Waals surface area contributed by atoms with E-state index in [1.807, 2.05) is 43.3 Å². The van der Waals surface area contributed by atoms with Crippen LogP contribution in [0.5, 0.6) is 17.2 Å². The van der Waals surface area contributed by atoms with Gasteiger partial charge in [0.15, 0.2) is 11.5 Å². The number of hydrogen-bond acceptors (Lipinski definition) is 5. The van der Waals surface area contributed by atoms with E-state index in [1.54, 1.807) is 37.6 Å². The lowest BCUT2D eigenvalue weighted by molar-refractivity contribution is 0.0955. The molecular weight excluding hydrogens is 587 g/mol. The molecule has 0 atom stereocenters. The molecule has 0 aliphatic rings. The van der Waals surface area contributed by atoms with Crippen molar-refractivity contribution in [2.75, 3.05) is 13.7 Å². The van der Waals surface area contributed by atoms with Crippen LogP contribution in [0, 0.1) is 3.57 Å². The highest BCUT2D eigenvalue weighted by atomic mass is 127. The van der Waals surface area contributed by atoms with Gasteiger partial charge in [0.1, 0.15) is 12.4 Å². The Kier molecular flexibility index (Phi) is 8.92. The number of nitrogens with one attached hydrogen (secondary N) is 1. The number of nitrogens with zero attached hydrogens (tertiary/aromatic N) is 1. The minimum absolute atomic E-state index is 0.307. The molecule has 6 nitrogen and oxygen atoms in total. The number of benzene rings is 3. The molecule has 3 aromatic carbocycles. The molecule has 3 rings (SSSR count). The van der Waals surface area contributed by atoms with Gasteiger partial charge in [-0.05, 0) is 89.2 Å². The average Bonchev–Trinajstić information content (AvgIpc) is 2.80. The van der Waals surface area contributed by atoms with Gasteiger partial charge in [0, 0.05) is 10.0 Å². The zero-order valence-corrected chi connectivity index (χ0v) is 21.3. The summed E-state index contributed by atoms with van der Waals surface area (Å²) in [6.07, 6.45) is 1.57. The fourth-order valence-electron chi connectivity index (χ4n) is 2.77. The van der Waals surface area contributed by atoms with E-state index < -0.39 is 0 Å². The first-order valence-electron chi connectivity index (χ1n) is 9.81. The second-order valence-electron chi connectivity index (χ2n) is 6.61. The molecule has 0 fully saturated rings. The standard InChI is InChI=1S/C24H22BrIN2O4/c1-3-31-22-13-17(14-27-28-24(29)18-6-10-20(30-2)11-7-18)12-21(26)23(22)32-15-16-4-8-19(25)9-5-16/h4-14H,3,15H2,1-2H3,(H,28,29)/b27-14-. The zero-order valence-electron chi connectivity index (χ0n) is 17.6. The van der Waals surface area contributed by atoms with Crippen molar-refractivity contribution in [3.05, 3.63) is 85.4 Å². The Hall–Kier alpha value is -2.59. The third-order valence-corrected chi connectivity index (χ3v) is 5.69. The van der Waals surface area contributed by atoms with Crippen LogP contribution in [0.3, 0.4) is 0 Å². The maximum Gasteiger partial charge on any atom is 0.271 e. The Morgan fingerprint density at radius 2 is 1.81 bits per heavy atom. The van der Waals surface area contributed by atoms with Crippen molar-refractivity contribution in [2.24, 2.45) is 5.10 Å². The van der Waals surface area contributed by atoms with E-state index in [1.165, 1.54) is 0 Å². The Labute approximate surface area is 209 Å². The van der Waals surface area contributed by atoms with Gasteiger partial charge in [-0.1, -0.05) is 28.1 Å². The summed E-state index contributed by atoms with van der Waals surface area (Å²) in [5, 5.41) is 4.07. The van der Waals surface area contributed by atoms with Crippen molar-refractivity contribution in [3.63, 3.8) is 0 Å². The summed E-state index contributed by atoms with van der Waals surface area (Å²) < 4.78 is 18.8. The Morgan fingerprint density at radius 1 is 1.09 bits per heavy atom. The number of hydrogen-bond donors (Lipinski definition) is 1. The number of rotatable bonds is 9. The summed E-state index contributed by atoms with van der Waals surface area (Å²) in [5.41, 5.74) is 4.86. The Bertz CT molecular complexity index is 1090. The van der Waals surface area contributed by atoms with Gasteiger partial charge in [0.25, 0.3) is 5.91 Å². The summed E-state index contributed by atoms with van der Waals surface area (Å²) in [7, 11) is 1.58. The Morgan fingerprint density at radius 3 is 2.47 bits per heavy atom. The molecule has 0 saturated heterocycles. The molecule has 0 saturated carbocycles. The second kappa shape index (κ2) is 11.9. The number of carbonyl (C=O) groups excluding carboxylic acids is 1. The summed E-state index contributed by atoms with van der Waals surface area (Å²) in [4.78, 5) is 12.3. The van der Waals surface area contributed by atoms with Crippen molar-refractivity contribution in [2.45, 2.75) is 13.5 Å². The SMILES string of the molecule is CCOc1cc(/C=N\NC(=O)c2ccc(OC)cc2)cc(I)c1OCc1ccc(Br)cc1. The molecule has 0 heterocycles. The molecule has 0 unspecified atom stereocenters. The molecule has 0 radical (unpaired) electrons. The first-order valence-corrected chi connectivity index (χ1v) is 11.7. The minimum Gasteiger partial charge on any atom is -0.497 e. The molecule has 32 heavy (non-hydrogen) atoms. The van der Waals surface area contributed by atoms with Gasteiger partial charge in [0.2, 0.25) is 0 Å². The number of carbonyl (C=O) groups is 1. The molecule has 0 spiro atoms. The molecule has 3 aromatic rings. The van der Waals surface area contributed by atoms with Gasteiger partial charge in [-0.15, -0.1) is 0 Å². The third-order valence-electron chi connectivity index (χ3n) is 4.36.